The summed E-state index contributed by atoms with van der Waals surface area (Å²) in [5, 5.41) is 4.70. The van der Waals surface area contributed by atoms with E-state index in [1.165, 1.54) is 38.4 Å². The molecule has 322 valence electrons. The monoisotopic (exact) mass is 871 g/mol. The third kappa shape index (κ3) is 6.39. The van der Waals surface area contributed by atoms with Crippen LogP contribution in [0.25, 0.3) is 111 Å². The van der Waals surface area contributed by atoms with Crippen molar-refractivity contribution in [2.75, 3.05) is 0 Å². The zero-order valence-corrected chi connectivity index (χ0v) is 37.7. The van der Waals surface area contributed by atoms with Crippen molar-refractivity contribution < 1.29 is 0 Å². The van der Waals surface area contributed by atoms with Gasteiger partial charge in [-0.3, -0.25) is 9.13 Å². The maximum Gasteiger partial charge on any atom is 0.147 e. The Morgan fingerprint density at radius 2 is 1.06 bits per heavy atom. The van der Waals surface area contributed by atoms with Crippen LogP contribution >= 0.6 is 0 Å². The molecule has 5 nitrogen and oxygen atoms in total. The molecule has 0 saturated carbocycles. The quantitative estimate of drug-likeness (QED) is 0.165. The van der Waals surface area contributed by atoms with E-state index in [9.17, 15) is 0 Å². The Morgan fingerprint density at radius 3 is 1.84 bits per heavy atom. The first-order valence-electron chi connectivity index (χ1n) is 23.3. The number of fused-ring (bicyclic) bond motifs is 7. The number of H-pyrrole nitrogens is 1. The summed E-state index contributed by atoms with van der Waals surface area (Å²) in [5.74, 6) is 1.76. The molecule has 13 aromatic rings. The van der Waals surface area contributed by atoms with E-state index in [1.54, 1.807) is 0 Å². The minimum atomic E-state index is -0.224. The number of imidazole rings is 1. The summed E-state index contributed by atoms with van der Waals surface area (Å²) in [4.78, 5) is 14.7. The van der Waals surface area contributed by atoms with Gasteiger partial charge in [-0.05, 0) is 106 Å². The largest absolute Gasteiger partial charge is 0.354 e. The first-order valence-corrected chi connectivity index (χ1v) is 23.3. The molecular formula is C63H45N5. The van der Waals surface area contributed by atoms with Crippen LogP contribution < -0.4 is 0 Å². The minimum Gasteiger partial charge on any atom is -0.354 e. The third-order valence-corrected chi connectivity index (χ3v) is 14.0. The van der Waals surface area contributed by atoms with Crippen LogP contribution in [0.1, 0.15) is 25.0 Å². The predicted octanol–water partition coefficient (Wildman–Crippen LogP) is 16.1. The van der Waals surface area contributed by atoms with E-state index in [1.807, 2.05) is 6.20 Å². The highest BCUT2D eigenvalue weighted by Crippen LogP contribution is 2.43. The molecule has 0 fully saturated rings. The van der Waals surface area contributed by atoms with E-state index >= 15 is 0 Å². The lowest BCUT2D eigenvalue weighted by Gasteiger charge is -2.26. The van der Waals surface area contributed by atoms with E-state index in [2.05, 4.69) is 252 Å². The molecule has 0 atom stereocenters. The van der Waals surface area contributed by atoms with Crippen molar-refractivity contribution in [1.82, 2.24) is 24.1 Å². The fourth-order valence-corrected chi connectivity index (χ4v) is 10.5. The second-order valence-corrected chi connectivity index (χ2v) is 18.3. The van der Waals surface area contributed by atoms with Gasteiger partial charge in [0.05, 0.1) is 27.6 Å². The summed E-state index contributed by atoms with van der Waals surface area (Å²) >= 11 is 0. The Balaban J connectivity index is 1.04. The lowest BCUT2D eigenvalue weighted by molar-refractivity contribution is 0.639. The fourth-order valence-electron chi connectivity index (χ4n) is 10.5. The molecule has 68 heavy (non-hydrogen) atoms. The molecule has 4 heterocycles. The van der Waals surface area contributed by atoms with Gasteiger partial charge in [-0.15, -0.1) is 0 Å². The van der Waals surface area contributed by atoms with Crippen LogP contribution in [0.3, 0.4) is 0 Å². The maximum atomic E-state index is 5.75. The van der Waals surface area contributed by atoms with Crippen LogP contribution in [-0.2, 0) is 5.41 Å². The van der Waals surface area contributed by atoms with E-state index in [0.717, 1.165) is 83.6 Å². The first-order chi connectivity index (χ1) is 33.5. The van der Waals surface area contributed by atoms with Crippen molar-refractivity contribution in [3.05, 3.63) is 242 Å². The van der Waals surface area contributed by atoms with Crippen LogP contribution in [0.15, 0.2) is 231 Å². The number of hydrogen-bond acceptors (Lipinski definition) is 2. The van der Waals surface area contributed by atoms with Gasteiger partial charge in [0, 0.05) is 55.5 Å². The number of nitrogens with one attached hydrogen (secondary N) is 1. The number of pyridine rings is 1. The predicted molar refractivity (Wildman–Crippen MR) is 283 cm³/mol. The molecule has 0 unspecified atom stereocenters. The maximum absolute atomic E-state index is 5.75. The van der Waals surface area contributed by atoms with E-state index in [4.69, 9.17) is 9.97 Å². The number of nitrogens with zero attached hydrogens (tertiary/aromatic N) is 4. The molecule has 0 aliphatic heterocycles. The van der Waals surface area contributed by atoms with E-state index in [0.29, 0.717) is 0 Å². The van der Waals surface area contributed by atoms with Gasteiger partial charge in [0.2, 0.25) is 0 Å². The highest BCUT2D eigenvalue weighted by Gasteiger charge is 2.26. The van der Waals surface area contributed by atoms with Crippen molar-refractivity contribution in [1.29, 1.82) is 0 Å². The molecule has 0 aliphatic rings. The standard InChI is InChI=1S/C63H45N5/c1-63(2,46-22-11-5-12-23-46)47-34-35-64-59(40-47)68-56-28-16-15-26-50(56)51-32-30-44(39-58(51)68)49-27-17-29-57-61(49)66-62(67(57)48-24-13-6-14-25-48)54-38-45(42-20-9-4-10-21-42)37-53-52-36-43(41-18-7-3-8-19-41)31-33-55(52)65-60(53)54/h3-40,65H,1-2H3. The molecular weight excluding hydrogens is 827 g/mol. The van der Waals surface area contributed by atoms with Crippen molar-refractivity contribution in [2.24, 2.45) is 0 Å². The van der Waals surface area contributed by atoms with E-state index in [-0.39, 0.29) is 5.41 Å². The van der Waals surface area contributed by atoms with Gasteiger partial charge in [0.1, 0.15) is 11.6 Å². The summed E-state index contributed by atoms with van der Waals surface area (Å²) in [6.07, 6.45) is 1.96. The molecule has 0 bridgehead atoms. The smallest absolute Gasteiger partial charge is 0.147 e. The van der Waals surface area contributed by atoms with Crippen molar-refractivity contribution >= 4 is 54.6 Å². The Morgan fingerprint density at radius 1 is 0.412 bits per heavy atom. The molecule has 1 N–H and O–H groups in total. The molecule has 4 aromatic heterocycles. The number of aromatic amines is 1. The highest BCUT2D eigenvalue weighted by atomic mass is 15.1. The Hall–Kier alpha value is -8.80. The van der Waals surface area contributed by atoms with Crippen LogP contribution in [0.2, 0.25) is 0 Å². The molecule has 0 radical (unpaired) electrons. The van der Waals surface area contributed by atoms with Gasteiger partial charge in [0.15, 0.2) is 0 Å². The average molecular weight is 872 g/mol. The summed E-state index contributed by atoms with van der Waals surface area (Å²) in [7, 11) is 0. The van der Waals surface area contributed by atoms with Crippen LogP contribution in [0.4, 0.5) is 0 Å². The molecule has 0 amide bonds. The van der Waals surface area contributed by atoms with Crippen LogP contribution in [-0.4, -0.2) is 24.1 Å². The highest BCUT2D eigenvalue weighted by molar-refractivity contribution is 6.15. The molecule has 0 saturated heterocycles. The van der Waals surface area contributed by atoms with Gasteiger partial charge in [0.25, 0.3) is 0 Å². The number of benzene rings is 9. The normalized spacial score (nSPS) is 12.0. The van der Waals surface area contributed by atoms with Crippen molar-refractivity contribution in [3.63, 3.8) is 0 Å². The SMILES string of the molecule is CC(C)(c1ccccc1)c1ccnc(-n2c3ccccc3c3ccc(-c4cccc5c4nc(-c4cc(-c6ccccc6)cc6c4[nH]c4ccc(-c7ccccc7)cc46)n5-c4ccccc4)cc32)c1. The summed E-state index contributed by atoms with van der Waals surface area (Å²) in [6, 6.07) is 80.6. The van der Waals surface area contributed by atoms with E-state index < -0.39 is 0 Å². The van der Waals surface area contributed by atoms with Gasteiger partial charge in [-0.25, -0.2) is 9.97 Å². The lowest BCUT2D eigenvalue weighted by Crippen LogP contribution is -2.19. The number of hydrogen-bond donors (Lipinski definition) is 1. The van der Waals surface area contributed by atoms with Crippen LogP contribution in [0.5, 0.6) is 0 Å². The first kappa shape index (κ1) is 39.6. The van der Waals surface area contributed by atoms with Gasteiger partial charge in [-0.2, -0.15) is 0 Å². The van der Waals surface area contributed by atoms with Gasteiger partial charge >= 0.3 is 0 Å². The molecule has 13 rings (SSSR count). The molecule has 5 heteroatoms. The fraction of sp³-hybridized carbons (Fsp3) is 0.0476. The minimum absolute atomic E-state index is 0.224. The van der Waals surface area contributed by atoms with Gasteiger partial charge < -0.3 is 4.98 Å². The van der Waals surface area contributed by atoms with Crippen molar-refractivity contribution in [2.45, 2.75) is 19.3 Å². The molecule has 0 spiro atoms. The van der Waals surface area contributed by atoms with Crippen LogP contribution in [0, 0.1) is 0 Å². The molecule has 9 aromatic carbocycles. The Bertz CT molecular complexity index is 4030. The zero-order chi connectivity index (χ0) is 45.3. The third-order valence-electron chi connectivity index (χ3n) is 14.0. The summed E-state index contributed by atoms with van der Waals surface area (Å²) in [5.41, 5.74) is 17.4. The Labute approximate surface area is 394 Å². The zero-order valence-electron chi connectivity index (χ0n) is 37.7. The second kappa shape index (κ2) is 15.7. The second-order valence-electron chi connectivity index (χ2n) is 18.3. The Kier molecular flexibility index (Phi) is 9.12. The average Bonchev–Trinajstić information content (AvgIpc) is 4.09. The lowest BCUT2D eigenvalue weighted by atomic mass is 9.78. The summed E-state index contributed by atoms with van der Waals surface area (Å²) in [6.45, 7) is 4.58. The van der Waals surface area contributed by atoms with Crippen molar-refractivity contribution in [3.8, 4) is 56.3 Å². The number of aromatic nitrogens is 5. The topological polar surface area (TPSA) is 51.4 Å². The number of para-hydroxylation sites is 3. The molecule has 0 aliphatic carbocycles. The van der Waals surface area contributed by atoms with Gasteiger partial charge in [-0.1, -0.05) is 172 Å². The number of rotatable bonds is 8. The summed E-state index contributed by atoms with van der Waals surface area (Å²) < 4.78 is 4.67.